The fourth-order valence-corrected chi connectivity index (χ4v) is 7.68. The minimum Gasteiger partial charge on any atom is -0.481 e. The molecule has 3 nitrogen and oxygen atoms in total. The summed E-state index contributed by atoms with van der Waals surface area (Å²) in [6, 6.07) is 0. The maximum absolute atomic E-state index is 11.6. The molecule has 0 radical (unpaired) electrons. The van der Waals surface area contributed by atoms with E-state index in [0.717, 1.165) is 38.0 Å². The third-order valence-electron chi connectivity index (χ3n) is 9.14. The van der Waals surface area contributed by atoms with Crippen LogP contribution in [0, 0.1) is 40.4 Å². The van der Waals surface area contributed by atoms with Crippen LogP contribution < -0.4 is 0 Å². The molecule has 0 amide bonds. The van der Waals surface area contributed by atoms with E-state index in [1.165, 1.54) is 24.8 Å². The van der Waals surface area contributed by atoms with Crippen LogP contribution in [0.5, 0.6) is 0 Å². The molecule has 2 N–H and O–H groups in total. The van der Waals surface area contributed by atoms with Crippen molar-refractivity contribution < 1.29 is 15.0 Å². The van der Waals surface area contributed by atoms with Crippen LogP contribution in [0.2, 0.25) is 0 Å². The maximum atomic E-state index is 11.6. The largest absolute Gasteiger partial charge is 0.481 e. The van der Waals surface area contributed by atoms with Gasteiger partial charge in [-0.2, -0.15) is 0 Å². The van der Waals surface area contributed by atoms with Crippen molar-refractivity contribution in [3.63, 3.8) is 0 Å². The number of rotatable bonds is 2. The Morgan fingerprint density at radius 2 is 1.92 bits per heavy atom. The molecule has 3 saturated carbocycles. The van der Waals surface area contributed by atoms with Crippen LogP contribution in [0.1, 0.15) is 72.1 Å². The summed E-state index contributed by atoms with van der Waals surface area (Å²) in [6.45, 7) is 6.78. The lowest BCUT2D eigenvalue weighted by atomic mass is 9.47. The molecule has 4 aliphatic rings. The van der Waals surface area contributed by atoms with E-state index in [0.29, 0.717) is 17.8 Å². The molecule has 8 atom stereocenters. The average Bonchev–Trinajstić information content (AvgIpc) is 2.92. The molecular weight excluding hydrogens is 312 g/mol. The van der Waals surface area contributed by atoms with Gasteiger partial charge in [-0.05, 0) is 85.9 Å². The molecule has 4 aliphatic carbocycles. The van der Waals surface area contributed by atoms with Gasteiger partial charge in [-0.3, -0.25) is 4.79 Å². The first-order chi connectivity index (χ1) is 11.8. The van der Waals surface area contributed by atoms with E-state index in [4.69, 9.17) is 0 Å². The Balaban J connectivity index is 1.63. The van der Waals surface area contributed by atoms with Gasteiger partial charge in [0.2, 0.25) is 0 Å². The van der Waals surface area contributed by atoms with Crippen molar-refractivity contribution >= 4 is 5.97 Å². The summed E-state index contributed by atoms with van der Waals surface area (Å²) < 4.78 is 0. The zero-order valence-electron chi connectivity index (χ0n) is 16.0. The second kappa shape index (κ2) is 5.84. The number of carboxylic acids is 1. The predicted molar refractivity (Wildman–Crippen MR) is 98.0 cm³/mol. The quantitative estimate of drug-likeness (QED) is 0.716. The van der Waals surface area contributed by atoms with E-state index in [2.05, 4.69) is 19.9 Å². The van der Waals surface area contributed by atoms with Gasteiger partial charge >= 0.3 is 5.97 Å². The van der Waals surface area contributed by atoms with Crippen LogP contribution in [0.3, 0.4) is 0 Å². The van der Waals surface area contributed by atoms with Gasteiger partial charge in [0.05, 0.1) is 12.0 Å². The van der Waals surface area contributed by atoms with Crippen molar-refractivity contribution in [3.8, 4) is 0 Å². The summed E-state index contributed by atoms with van der Waals surface area (Å²) >= 11 is 0. The van der Waals surface area contributed by atoms with Crippen molar-refractivity contribution in [3.05, 3.63) is 11.6 Å². The fourth-order valence-electron chi connectivity index (χ4n) is 7.68. The molecule has 0 aromatic rings. The molecule has 4 rings (SSSR count). The molecular formula is C22H34O3. The first kappa shape index (κ1) is 17.6. The molecule has 3 fully saturated rings. The lowest BCUT2D eigenvalue weighted by Crippen LogP contribution is -2.51. The standard InChI is InChI=1S/C22H34O3/c1-13(20(24)25)17-6-7-18-16-5-4-14-12-15(23)8-10-21(14,2)19(16)9-11-22(17,18)3/h4,13,15-19,23H,5-12H2,1-3H3,(H,24,25)/t13-,15-,16-,17+,18-,19-,21-,22+/m0/s1. The number of carboxylic acid groups (broad SMARTS) is 1. The van der Waals surface area contributed by atoms with E-state index in [1.54, 1.807) is 0 Å². The lowest BCUT2D eigenvalue weighted by Gasteiger charge is -2.58. The molecule has 0 spiro atoms. The lowest BCUT2D eigenvalue weighted by molar-refractivity contribution is -0.146. The minimum atomic E-state index is -0.618. The first-order valence-corrected chi connectivity index (χ1v) is 10.4. The summed E-state index contributed by atoms with van der Waals surface area (Å²) in [7, 11) is 0. The van der Waals surface area contributed by atoms with E-state index < -0.39 is 5.97 Å². The Labute approximate surface area is 151 Å². The molecule has 140 valence electrons. The summed E-state index contributed by atoms with van der Waals surface area (Å²) in [5, 5.41) is 19.7. The van der Waals surface area contributed by atoms with Gasteiger partial charge in [-0.1, -0.05) is 32.4 Å². The highest BCUT2D eigenvalue weighted by Crippen LogP contribution is 2.67. The van der Waals surface area contributed by atoms with Gasteiger partial charge in [0.25, 0.3) is 0 Å². The molecule has 0 aromatic heterocycles. The van der Waals surface area contributed by atoms with Crippen LogP contribution in [0.15, 0.2) is 11.6 Å². The van der Waals surface area contributed by atoms with Crippen LogP contribution in [-0.2, 0) is 4.79 Å². The molecule has 3 heteroatoms. The van der Waals surface area contributed by atoms with Crippen LogP contribution >= 0.6 is 0 Å². The van der Waals surface area contributed by atoms with Crippen molar-refractivity contribution in [1.82, 2.24) is 0 Å². The zero-order chi connectivity index (χ0) is 18.0. The van der Waals surface area contributed by atoms with Crippen molar-refractivity contribution in [2.24, 2.45) is 40.4 Å². The highest BCUT2D eigenvalue weighted by Gasteiger charge is 2.59. The summed E-state index contributed by atoms with van der Waals surface area (Å²) in [5.41, 5.74) is 2.00. The molecule has 0 aromatic carbocycles. The number of hydrogen-bond acceptors (Lipinski definition) is 2. The normalized spacial score (nSPS) is 50.2. The van der Waals surface area contributed by atoms with Gasteiger partial charge in [0, 0.05) is 0 Å². The Morgan fingerprint density at radius 3 is 2.64 bits per heavy atom. The Morgan fingerprint density at radius 1 is 1.16 bits per heavy atom. The molecule has 0 bridgehead atoms. The second-order valence-corrected chi connectivity index (χ2v) is 10.0. The smallest absolute Gasteiger partial charge is 0.306 e. The Kier molecular flexibility index (Phi) is 4.10. The van der Waals surface area contributed by atoms with Gasteiger partial charge in [-0.15, -0.1) is 0 Å². The Bertz CT molecular complexity index is 596. The molecule has 0 saturated heterocycles. The highest BCUT2D eigenvalue weighted by atomic mass is 16.4. The van der Waals surface area contributed by atoms with Gasteiger partial charge in [-0.25, -0.2) is 0 Å². The van der Waals surface area contributed by atoms with Gasteiger partial charge < -0.3 is 10.2 Å². The number of aliphatic hydroxyl groups excluding tert-OH is 1. The Hall–Kier alpha value is -0.830. The van der Waals surface area contributed by atoms with Crippen molar-refractivity contribution in [2.75, 3.05) is 0 Å². The molecule has 0 aliphatic heterocycles. The van der Waals surface area contributed by atoms with Gasteiger partial charge in [0.1, 0.15) is 0 Å². The summed E-state index contributed by atoms with van der Waals surface area (Å²) in [6.07, 6.45) is 11.1. The number of allylic oxidation sites excluding steroid dienone is 1. The van der Waals surface area contributed by atoms with Crippen LogP contribution in [0.4, 0.5) is 0 Å². The van der Waals surface area contributed by atoms with Crippen LogP contribution in [-0.4, -0.2) is 22.3 Å². The van der Waals surface area contributed by atoms with Crippen molar-refractivity contribution in [2.45, 2.75) is 78.2 Å². The molecule has 0 unspecified atom stereocenters. The van der Waals surface area contributed by atoms with E-state index in [-0.39, 0.29) is 22.9 Å². The monoisotopic (exact) mass is 346 g/mol. The fraction of sp³-hybridized carbons (Fsp3) is 0.864. The number of hydrogen-bond donors (Lipinski definition) is 2. The van der Waals surface area contributed by atoms with E-state index in [9.17, 15) is 15.0 Å². The SMILES string of the molecule is C[C@H](C(=O)O)[C@H]1CC[C@H]2[C@@H]3CC=C4C[C@@H](O)CC[C@]4(C)[C@H]3CC[C@]12C. The third-order valence-corrected chi connectivity index (χ3v) is 9.14. The third kappa shape index (κ3) is 2.44. The molecule has 0 heterocycles. The number of fused-ring (bicyclic) bond motifs is 5. The maximum Gasteiger partial charge on any atom is 0.306 e. The predicted octanol–water partition coefficient (Wildman–Crippen LogP) is 4.65. The number of carbonyl (C=O) groups is 1. The number of aliphatic carboxylic acids is 1. The average molecular weight is 347 g/mol. The minimum absolute atomic E-state index is 0.142. The zero-order valence-corrected chi connectivity index (χ0v) is 16.0. The van der Waals surface area contributed by atoms with Crippen LogP contribution in [0.25, 0.3) is 0 Å². The second-order valence-electron chi connectivity index (χ2n) is 10.0. The summed E-state index contributed by atoms with van der Waals surface area (Å²) in [4.78, 5) is 11.6. The highest BCUT2D eigenvalue weighted by molar-refractivity contribution is 5.70. The van der Waals surface area contributed by atoms with E-state index in [1.807, 2.05) is 6.92 Å². The van der Waals surface area contributed by atoms with Crippen molar-refractivity contribution in [1.29, 1.82) is 0 Å². The van der Waals surface area contributed by atoms with Gasteiger partial charge in [0.15, 0.2) is 0 Å². The molecule has 25 heavy (non-hydrogen) atoms. The first-order valence-electron chi connectivity index (χ1n) is 10.4. The summed E-state index contributed by atoms with van der Waals surface area (Å²) in [5.74, 6) is 1.63. The topological polar surface area (TPSA) is 57.5 Å². The number of aliphatic hydroxyl groups is 1. The van der Waals surface area contributed by atoms with E-state index >= 15 is 0 Å².